The molecule has 3 heterocycles. The second kappa shape index (κ2) is 14.6. The van der Waals surface area contributed by atoms with Crippen molar-refractivity contribution in [2.75, 3.05) is 25.0 Å². The van der Waals surface area contributed by atoms with Gasteiger partial charge in [0.1, 0.15) is 5.56 Å². The van der Waals surface area contributed by atoms with Gasteiger partial charge < -0.3 is 29.8 Å². The van der Waals surface area contributed by atoms with Crippen molar-refractivity contribution in [3.63, 3.8) is 0 Å². The number of likely N-dealkylation sites (tertiary alicyclic amines) is 1. The molecule has 52 heavy (non-hydrogen) atoms. The molecule has 4 aromatic carbocycles. The van der Waals surface area contributed by atoms with Crippen LogP contribution in [0.25, 0.3) is 11.0 Å². The van der Waals surface area contributed by atoms with Gasteiger partial charge in [-0.15, -0.1) is 0 Å². The molecular weight excluding hydrogens is 687 g/mol. The summed E-state index contributed by atoms with van der Waals surface area (Å²) in [6, 6.07) is 21.0. The Hall–Kier alpha value is -4.89. The van der Waals surface area contributed by atoms with Gasteiger partial charge >= 0.3 is 5.69 Å². The molecule has 2 fully saturated rings. The molecule has 0 spiro atoms. The fourth-order valence-electron chi connectivity index (χ4n) is 7.14. The van der Waals surface area contributed by atoms with Crippen molar-refractivity contribution in [2.24, 2.45) is 5.92 Å². The Morgan fingerprint density at radius 1 is 0.865 bits per heavy atom. The Bertz CT molecular complexity index is 2140. The van der Waals surface area contributed by atoms with Crippen LogP contribution in [0.15, 0.2) is 77.6 Å². The van der Waals surface area contributed by atoms with Crippen molar-refractivity contribution in [2.45, 2.75) is 50.9 Å². The Balaban J connectivity index is 1.11. The molecule has 2 aliphatic heterocycles. The quantitative estimate of drug-likeness (QED) is 0.0915. The van der Waals surface area contributed by atoms with Gasteiger partial charge in [0.25, 0.3) is 5.91 Å². The van der Waals surface area contributed by atoms with Crippen molar-refractivity contribution >= 4 is 22.6 Å². The number of carbonyl (C=O) groups excluding carboxylic acids is 1. The highest BCUT2D eigenvalue weighted by atomic mass is 19.2. The zero-order chi connectivity index (χ0) is 36.7. The molecule has 2 aliphatic rings. The number of anilines is 1. The molecule has 7 rings (SSSR count). The topological polar surface area (TPSA) is 109 Å². The lowest BCUT2D eigenvalue weighted by Gasteiger charge is -2.44. The number of carbonyl (C=O) groups is 1. The molecule has 9 nitrogen and oxygen atoms in total. The fraction of sp³-hybridized carbons (Fsp3) is 0.316. The highest BCUT2D eigenvalue weighted by molar-refractivity contribution is 6.04. The Morgan fingerprint density at radius 3 is 2.23 bits per heavy atom. The van der Waals surface area contributed by atoms with Crippen LogP contribution in [0.3, 0.4) is 0 Å². The first kappa shape index (κ1) is 35.5. The fourth-order valence-corrected chi connectivity index (χ4v) is 7.14. The molecule has 5 aromatic rings. The monoisotopic (exact) mass is 722 g/mol. The number of amides is 1. The molecule has 3 N–H and O–H groups in total. The van der Waals surface area contributed by atoms with Crippen LogP contribution in [-0.2, 0) is 16.1 Å². The van der Waals surface area contributed by atoms with E-state index in [0.717, 1.165) is 35.0 Å². The molecule has 2 saturated heterocycles. The molecule has 1 amide bonds. The van der Waals surface area contributed by atoms with Gasteiger partial charge in [0.05, 0.1) is 29.8 Å². The molecule has 0 bridgehead atoms. The third-order valence-corrected chi connectivity index (χ3v) is 9.96. The second-order valence-electron chi connectivity index (χ2n) is 13.2. The summed E-state index contributed by atoms with van der Waals surface area (Å²) in [6.45, 7) is 3.86. The van der Waals surface area contributed by atoms with E-state index in [1.807, 2.05) is 47.9 Å². The number of aliphatic hydroxyl groups excluding tert-OH is 1. The number of hydrogen-bond acceptors (Lipinski definition) is 6. The lowest BCUT2D eigenvalue weighted by atomic mass is 9.89. The molecule has 0 radical (unpaired) electrons. The highest BCUT2D eigenvalue weighted by Gasteiger charge is 2.40. The number of imidazole rings is 1. The molecule has 14 heteroatoms. The van der Waals surface area contributed by atoms with Crippen LogP contribution in [0.4, 0.5) is 27.6 Å². The minimum absolute atomic E-state index is 0.00672. The van der Waals surface area contributed by atoms with Crippen molar-refractivity contribution in [3.05, 3.63) is 135 Å². The Labute approximate surface area is 294 Å². The number of piperidine rings is 1. The summed E-state index contributed by atoms with van der Waals surface area (Å²) in [7, 11) is 0. The van der Waals surface area contributed by atoms with Crippen molar-refractivity contribution in [1.82, 2.24) is 14.5 Å². The van der Waals surface area contributed by atoms with E-state index in [1.54, 1.807) is 18.2 Å². The number of nitrogens with one attached hydrogen (secondary N) is 2. The SMILES string of the molecule is CC1C(CN2CCC(n3c(=O)[nH]c4ccccc43)CC2)OC(c2cccc(NC(=O)c3c(F)c(F)c(F)c(F)c3F)c2)OC1c1ccc(CO)cc1. The van der Waals surface area contributed by atoms with Crippen LogP contribution in [0.2, 0.25) is 0 Å². The van der Waals surface area contributed by atoms with E-state index < -0.39 is 53.0 Å². The number of aromatic amines is 1. The summed E-state index contributed by atoms with van der Waals surface area (Å²) in [6.07, 6.45) is -0.304. The van der Waals surface area contributed by atoms with Gasteiger partial charge in [-0.05, 0) is 48.2 Å². The van der Waals surface area contributed by atoms with Crippen LogP contribution < -0.4 is 11.0 Å². The number of para-hydroxylation sites is 2. The van der Waals surface area contributed by atoms with E-state index in [-0.39, 0.29) is 36.0 Å². The highest BCUT2D eigenvalue weighted by Crippen LogP contribution is 2.42. The molecule has 272 valence electrons. The lowest BCUT2D eigenvalue weighted by molar-refractivity contribution is -0.276. The second-order valence-corrected chi connectivity index (χ2v) is 13.2. The number of benzene rings is 4. The number of fused-ring (bicyclic) bond motifs is 1. The van der Waals surface area contributed by atoms with Crippen molar-refractivity contribution in [1.29, 1.82) is 0 Å². The lowest BCUT2D eigenvalue weighted by Crippen LogP contribution is -2.47. The summed E-state index contributed by atoms with van der Waals surface area (Å²) >= 11 is 0. The van der Waals surface area contributed by atoms with Crippen LogP contribution in [0, 0.1) is 35.0 Å². The first-order valence-electron chi connectivity index (χ1n) is 16.9. The first-order valence-corrected chi connectivity index (χ1v) is 16.9. The third kappa shape index (κ3) is 6.74. The number of ether oxygens (including phenoxy) is 2. The number of H-pyrrole nitrogens is 1. The van der Waals surface area contributed by atoms with Gasteiger partial charge in [-0.2, -0.15) is 0 Å². The zero-order valence-electron chi connectivity index (χ0n) is 27.9. The summed E-state index contributed by atoms with van der Waals surface area (Å²) in [5.74, 6) is -13.0. The summed E-state index contributed by atoms with van der Waals surface area (Å²) < 4.78 is 84.8. The van der Waals surface area contributed by atoms with Gasteiger partial charge in [-0.25, -0.2) is 26.7 Å². The molecule has 0 saturated carbocycles. The maximum atomic E-state index is 14.4. The Morgan fingerprint density at radius 2 is 1.54 bits per heavy atom. The number of rotatable bonds is 8. The van der Waals surface area contributed by atoms with Crippen molar-refractivity contribution < 1.29 is 41.3 Å². The largest absolute Gasteiger partial charge is 0.392 e. The number of nitrogens with zero attached hydrogens (tertiary/aromatic N) is 2. The average Bonchev–Trinajstić information content (AvgIpc) is 3.50. The van der Waals surface area contributed by atoms with E-state index >= 15 is 0 Å². The van der Waals surface area contributed by atoms with E-state index in [4.69, 9.17) is 9.47 Å². The van der Waals surface area contributed by atoms with E-state index in [0.29, 0.717) is 25.2 Å². The van der Waals surface area contributed by atoms with Crippen molar-refractivity contribution in [3.8, 4) is 0 Å². The minimum Gasteiger partial charge on any atom is -0.392 e. The molecule has 4 atom stereocenters. The molecule has 1 aromatic heterocycles. The van der Waals surface area contributed by atoms with Gasteiger partial charge in [-0.1, -0.05) is 55.5 Å². The summed E-state index contributed by atoms with van der Waals surface area (Å²) in [5.41, 5.74) is 1.94. The predicted octanol–water partition coefficient (Wildman–Crippen LogP) is 6.90. The number of aliphatic hydroxyl groups is 1. The summed E-state index contributed by atoms with van der Waals surface area (Å²) in [5, 5.41) is 11.8. The maximum Gasteiger partial charge on any atom is 0.326 e. The zero-order valence-corrected chi connectivity index (χ0v) is 27.9. The molecule has 0 aliphatic carbocycles. The number of hydrogen-bond donors (Lipinski definition) is 3. The third-order valence-electron chi connectivity index (χ3n) is 9.96. The van der Waals surface area contributed by atoms with E-state index in [2.05, 4.69) is 15.2 Å². The van der Waals surface area contributed by atoms with Gasteiger partial charge in [0.2, 0.25) is 5.82 Å². The van der Waals surface area contributed by atoms with Crippen LogP contribution >= 0.6 is 0 Å². The summed E-state index contributed by atoms with van der Waals surface area (Å²) in [4.78, 5) is 30.8. The van der Waals surface area contributed by atoms with Crippen LogP contribution in [0.5, 0.6) is 0 Å². The van der Waals surface area contributed by atoms with E-state index in [9.17, 15) is 36.6 Å². The maximum absolute atomic E-state index is 14.4. The predicted molar refractivity (Wildman–Crippen MR) is 181 cm³/mol. The Kier molecular flexibility index (Phi) is 9.98. The van der Waals surface area contributed by atoms with Gasteiger partial charge in [-0.3, -0.25) is 9.36 Å². The molecular formula is C38H35F5N4O5. The van der Waals surface area contributed by atoms with Crippen LogP contribution in [0.1, 0.15) is 65.2 Å². The number of halogens is 5. The molecule has 4 unspecified atom stereocenters. The first-order chi connectivity index (χ1) is 25.0. The van der Waals surface area contributed by atoms with Crippen LogP contribution in [-0.4, -0.2) is 51.2 Å². The normalized spacial score (nSPS) is 21.4. The smallest absolute Gasteiger partial charge is 0.326 e. The van der Waals surface area contributed by atoms with Gasteiger partial charge in [0.15, 0.2) is 29.6 Å². The average molecular weight is 723 g/mol. The standard InChI is InChI=1S/C38H35F5N4O5/c1-20-28(18-46-15-13-25(14-16-46)47-27-8-3-2-7-26(27)45-38(47)50)51-37(52-35(20)22-11-9-21(19-48)10-12-22)23-5-4-6-24(17-23)44-36(49)29-30(39)32(41)34(43)33(42)31(29)40/h2-12,17,20,25,28,35,37,48H,13-16,18-19H2,1H3,(H,44,49)(H,45,50). The van der Waals surface area contributed by atoms with E-state index in [1.165, 1.54) is 18.2 Å². The number of aromatic nitrogens is 2. The van der Waals surface area contributed by atoms with Gasteiger partial charge in [0, 0.05) is 42.8 Å². The minimum atomic E-state index is -2.36.